The van der Waals surface area contributed by atoms with Crippen molar-refractivity contribution in [1.82, 2.24) is 24.6 Å². The number of fused-ring (bicyclic) bond motifs is 1. The Kier molecular flexibility index (Phi) is 4.34. The molecular weight excluding hydrogens is 310 g/mol. The molecule has 0 aliphatic heterocycles. The lowest BCUT2D eigenvalue weighted by Gasteiger charge is -2.34. The van der Waals surface area contributed by atoms with Crippen molar-refractivity contribution < 1.29 is 0 Å². The summed E-state index contributed by atoms with van der Waals surface area (Å²) in [6, 6.07) is 3.09. The van der Waals surface area contributed by atoms with Crippen LogP contribution in [-0.2, 0) is 7.05 Å². The molecule has 0 aromatic carbocycles. The van der Waals surface area contributed by atoms with Crippen molar-refractivity contribution in [1.29, 1.82) is 0 Å². The van der Waals surface area contributed by atoms with Gasteiger partial charge in [-0.3, -0.25) is 4.68 Å². The summed E-state index contributed by atoms with van der Waals surface area (Å²) in [7, 11) is 4.20. The van der Waals surface area contributed by atoms with E-state index in [1.54, 1.807) is 0 Å². The van der Waals surface area contributed by atoms with E-state index in [2.05, 4.69) is 52.4 Å². The number of nitrogens with one attached hydrogen (secondary N) is 1. The number of hydrogen-bond acceptors (Lipinski definition) is 3. The third-order valence-electron chi connectivity index (χ3n) is 5.86. The summed E-state index contributed by atoms with van der Waals surface area (Å²) >= 11 is 0. The van der Waals surface area contributed by atoms with Gasteiger partial charge in [0.25, 0.3) is 0 Å². The molecule has 0 bridgehead atoms. The van der Waals surface area contributed by atoms with Gasteiger partial charge in [-0.25, -0.2) is 4.98 Å². The predicted molar refractivity (Wildman–Crippen MR) is 102 cm³/mol. The van der Waals surface area contributed by atoms with Crippen LogP contribution < -0.4 is 0 Å². The summed E-state index contributed by atoms with van der Waals surface area (Å²) in [5.41, 5.74) is 4.68. The fourth-order valence-corrected chi connectivity index (χ4v) is 4.15. The van der Waals surface area contributed by atoms with Crippen molar-refractivity contribution in [2.24, 2.45) is 7.05 Å². The molecule has 0 saturated heterocycles. The molecule has 1 aliphatic carbocycles. The van der Waals surface area contributed by atoms with Crippen LogP contribution in [0, 0.1) is 0 Å². The van der Waals surface area contributed by atoms with E-state index in [0.717, 1.165) is 23.8 Å². The van der Waals surface area contributed by atoms with Crippen molar-refractivity contribution in [3.8, 4) is 11.1 Å². The number of H-pyrrole nitrogens is 1. The molecule has 1 N–H and O–H groups in total. The first-order valence-corrected chi connectivity index (χ1v) is 9.32. The molecule has 1 fully saturated rings. The summed E-state index contributed by atoms with van der Waals surface area (Å²) in [6.07, 6.45) is 13.2. The smallest absolute Gasteiger partial charge is 0.137 e. The van der Waals surface area contributed by atoms with E-state index in [1.807, 2.05) is 24.1 Å². The Labute approximate surface area is 149 Å². The van der Waals surface area contributed by atoms with Gasteiger partial charge in [0.05, 0.1) is 6.20 Å². The van der Waals surface area contributed by atoms with Crippen molar-refractivity contribution in [3.63, 3.8) is 0 Å². The van der Waals surface area contributed by atoms with Crippen LogP contribution in [-0.4, -0.2) is 44.3 Å². The maximum absolute atomic E-state index is 4.69. The topological polar surface area (TPSA) is 49.7 Å². The number of pyridine rings is 1. The second-order valence-corrected chi connectivity index (χ2v) is 7.35. The van der Waals surface area contributed by atoms with E-state index < -0.39 is 0 Å². The molecule has 25 heavy (non-hydrogen) atoms. The molecule has 1 aliphatic rings. The van der Waals surface area contributed by atoms with Gasteiger partial charge in [0, 0.05) is 48.2 Å². The summed E-state index contributed by atoms with van der Waals surface area (Å²) < 4.78 is 1.84. The third kappa shape index (κ3) is 3.09. The van der Waals surface area contributed by atoms with Gasteiger partial charge < -0.3 is 9.88 Å². The highest BCUT2D eigenvalue weighted by Crippen LogP contribution is 2.36. The van der Waals surface area contributed by atoms with Crippen molar-refractivity contribution in [3.05, 3.63) is 36.4 Å². The fraction of sp³-hybridized carbons (Fsp3) is 0.500. The normalized spacial score (nSPS) is 21.3. The number of hydrogen-bond donors (Lipinski definition) is 1. The van der Waals surface area contributed by atoms with Crippen molar-refractivity contribution >= 4 is 11.0 Å². The van der Waals surface area contributed by atoms with Gasteiger partial charge in [-0.1, -0.05) is 6.92 Å². The number of rotatable bonds is 4. The summed E-state index contributed by atoms with van der Waals surface area (Å²) in [6.45, 7) is 3.39. The fourth-order valence-electron chi connectivity index (χ4n) is 4.15. The lowest BCUT2D eigenvalue weighted by Crippen LogP contribution is -2.34. The molecule has 3 heterocycles. The zero-order chi connectivity index (χ0) is 17.4. The quantitative estimate of drug-likeness (QED) is 0.784. The highest BCUT2D eigenvalue weighted by Gasteiger charge is 2.25. The van der Waals surface area contributed by atoms with Crippen LogP contribution >= 0.6 is 0 Å². The van der Waals surface area contributed by atoms with Crippen LogP contribution in [0.25, 0.3) is 22.2 Å². The van der Waals surface area contributed by atoms with Crippen LogP contribution in [0.3, 0.4) is 0 Å². The maximum atomic E-state index is 4.69. The molecule has 4 rings (SSSR count). The Morgan fingerprint density at radius 1 is 1.24 bits per heavy atom. The minimum absolute atomic E-state index is 0.634. The zero-order valence-electron chi connectivity index (χ0n) is 15.4. The average molecular weight is 337 g/mol. The van der Waals surface area contributed by atoms with E-state index in [1.165, 1.54) is 42.2 Å². The van der Waals surface area contributed by atoms with Crippen LogP contribution in [0.5, 0.6) is 0 Å². The SMILES string of the molecule is CCN(C)[C@H]1CC[C@H](c2cnc3[nH]cc(-c4cnn(C)c4)c3c2)CC1. The predicted octanol–water partition coefficient (Wildman–Crippen LogP) is 3.94. The van der Waals surface area contributed by atoms with Gasteiger partial charge in [-0.2, -0.15) is 5.10 Å². The maximum Gasteiger partial charge on any atom is 0.137 e. The third-order valence-corrected chi connectivity index (χ3v) is 5.86. The van der Waals surface area contributed by atoms with E-state index in [4.69, 9.17) is 0 Å². The first kappa shape index (κ1) is 16.3. The molecule has 0 unspecified atom stereocenters. The van der Waals surface area contributed by atoms with Gasteiger partial charge in [-0.05, 0) is 56.8 Å². The molecule has 0 atom stereocenters. The molecule has 3 aromatic rings. The second kappa shape index (κ2) is 6.64. The average Bonchev–Trinajstić information content (AvgIpc) is 3.26. The largest absolute Gasteiger partial charge is 0.346 e. The minimum atomic E-state index is 0.634. The van der Waals surface area contributed by atoms with Gasteiger partial charge in [0.15, 0.2) is 0 Å². The minimum Gasteiger partial charge on any atom is -0.346 e. The second-order valence-electron chi connectivity index (χ2n) is 7.35. The first-order chi connectivity index (χ1) is 12.2. The van der Waals surface area contributed by atoms with Gasteiger partial charge >= 0.3 is 0 Å². The van der Waals surface area contributed by atoms with Crippen molar-refractivity contribution in [2.45, 2.75) is 44.6 Å². The Morgan fingerprint density at radius 3 is 2.72 bits per heavy atom. The highest BCUT2D eigenvalue weighted by molar-refractivity contribution is 5.93. The van der Waals surface area contributed by atoms with E-state index in [-0.39, 0.29) is 0 Å². The Bertz CT molecular complexity index is 854. The van der Waals surface area contributed by atoms with Gasteiger partial charge in [-0.15, -0.1) is 0 Å². The monoisotopic (exact) mass is 337 g/mol. The number of aromatic amines is 1. The lowest BCUT2D eigenvalue weighted by atomic mass is 9.81. The standard InChI is InChI=1S/C20H27N5/c1-4-24(2)17-7-5-14(6-8-17)15-9-18-19(12-22-20(18)21-10-15)16-11-23-25(3)13-16/h9-14,17H,4-8H2,1-3H3,(H,21,22)/t14-,17-. The number of aryl methyl sites for hydroxylation is 1. The number of aromatic nitrogens is 4. The molecule has 0 spiro atoms. The Hall–Kier alpha value is -2.14. The van der Waals surface area contributed by atoms with E-state index >= 15 is 0 Å². The van der Waals surface area contributed by atoms with E-state index in [9.17, 15) is 0 Å². The first-order valence-electron chi connectivity index (χ1n) is 9.32. The van der Waals surface area contributed by atoms with Crippen LogP contribution in [0.4, 0.5) is 0 Å². The molecule has 5 nitrogen and oxygen atoms in total. The lowest BCUT2D eigenvalue weighted by molar-refractivity contribution is 0.190. The van der Waals surface area contributed by atoms with Crippen LogP contribution in [0.2, 0.25) is 0 Å². The molecule has 5 heteroatoms. The van der Waals surface area contributed by atoms with Gasteiger partial charge in [0.2, 0.25) is 0 Å². The Balaban J connectivity index is 1.59. The van der Waals surface area contributed by atoms with Crippen LogP contribution in [0.15, 0.2) is 30.9 Å². The molecule has 0 amide bonds. The molecule has 0 radical (unpaired) electrons. The summed E-state index contributed by atoms with van der Waals surface area (Å²) in [4.78, 5) is 10.5. The summed E-state index contributed by atoms with van der Waals surface area (Å²) in [5.74, 6) is 0.634. The summed E-state index contributed by atoms with van der Waals surface area (Å²) in [5, 5.41) is 5.51. The molecular formula is C20H27N5. The van der Waals surface area contributed by atoms with Crippen LogP contribution in [0.1, 0.15) is 44.1 Å². The highest BCUT2D eigenvalue weighted by atomic mass is 15.2. The van der Waals surface area contributed by atoms with E-state index in [0.29, 0.717) is 5.92 Å². The zero-order valence-corrected chi connectivity index (χ0v) is 15.4. The van der Waals surface area contributed by atoms with Crippen molar-refractivity contribution in [2.75, 3.05) is 13.6 Å². The molecule has 1 saturated carbocycles. The Morgan fingerprint density at radius 2 is 2.04 bits per heavy atom. The number of nitrogens with zero attached hydrogens (tertiary/aromatic N) is 4. The molecule has 3 aromatic heterocycles. The van der Waals surface area contributed by atoms with Gasteiger partial charge in [0.1, 0.15) is 5.65 Å². The molecule has 132 valence electrons.